The zero-order valence-electron chi connectivity index (χ0n) is 12.4. The topological polar surface area (TPSA) is 33.7 Å². The molecule has 0 saturated carbocycles. The number of rotatable bonds is 8. The summed E-state index contributed by atoms with van der Waals surface area (Å²) < 4.78 is 11.2. The fourth-order valence-electron chi connectivity index (χ4n) is 2.35. The first kappa shape index (κ1) is 15.9. The molecule has 0 aromatic rings. The van der Waals surface area contributed by atoms with Crippen LogP contribution in [-0.2, 0) is 9.47 Å². The summed E-state index contributed by atoms with van der Waals surface area (Å²) in [5, 5.41) is 3.47. The van der Waals surface area contributed by atoms with E-state index in [1.165, 1.54) is 0 Å². The van der Waals surface area contributed by atoms with Crippen LogP contribution in [-0.4, -0.2) is 62.5 Å². The molecule has 1 rings (SSSR count). The fourth-order valence-corrected chi connectivity index (χ4v) is 2.35. The van der Waals surface area contributed by atoms with E-state index in [9.17, 15) is 0 Å². The molecule has 1 saturated heterocycles. The Morgan fingerprint density at radius 3 is 2.50 bits per heavy atom. The summed E-state index contributed by atoms with van der Waals surface area (Å²) in [5.41, 5.74) is 0. The van der Waals surface area contributed by atoms with Crippen molar-refractivity contribution in [2.75, 3.05) is 39.3 Å². The predicted octanol–water partition coefficient (Wildman–Crippen LogP) is 1.50. The van der Waals surface area contributed by atoms with Gasteiger partial charge in [-0.05, 0) is 40.7 Å². The molecular weight excluding hydrogens is 228 g/mol. The van der Waals surface area contributed by atoms with Gasteiger partial charge in [-0.3, -0.25) is 4.90 Å². The molecule has 0 aromatic carbocycles. The van der Waals surface area contributed by atoms with Crippen LogP contribution >= 0.6 is 0 Å². The second kappa shape index (κ2) is 8.86. The Morgan fingerprint density at radius 1 is 1.22 bits per heavy atom. The van der Waals surface area contributed by atoms with Crippen molar-refractivity contribution in [1.29, 1.82) is 0 Å². The highest BCUT2D eigenvalue weighted by molar-refractivity contribution is 4.73. The third kappa shape index (κ3) is 7.31. The molecule has 4 heteroatoms. The average Bonchev–Trinajstić information content (AvgIpc) is 2.26. The normalized spacial score (nSPS) is 25.8. The molecule has 0 radical (unpaired) electrons. The van der Waals surface area contributed by atoms with E-state index in [0.717, 1.165) is 45.8 Å². The number of nitrogens with one attached hydrogen (secondary N) is 1. The molecule has 0 bridgehead atoms. The van der Waals surface area contributed by atoms with Crippen LogP contribution in [0.3, 0.4) is 0 Å². The van der Waals surface area contributed by atoms with Crippen molar-refractivity contribution in [3.63, 3.8) is 0 Å². The molecule has 1 aliphatic heterocycles. The van der Waals surface area contributed by atoms with E-state index in [0.29, 0.717) is 18.3 Å². The first-order valence-corrected chi connectivity index (χ1v) is 7.28. The van der Waals surface area contributed by atoms with Crippen LogP contribution in [0.25, 0.3) is 0 Å². The highest BCUT2D eigenvalue weighted by atomic mass is 16.5. The maximum atomic E-state index is 5.72. The number of morpholine rings is 1. The zero-order chi connectivity index (χ0) is 13.4. The number of nitrogens with zero attached hydrogens (tertiary/aromatic N) is 1. The summed E-state index contributed by atoms with van der Waals surface area (Å²) in [6.45, 7) is 14.6. The van der Waals surface area contributed by atoms with Crippen molar-refractivity contribution >= 4 is 0 Å². The number of ether oxygens (including phenoxy) is 2. The van der Waals surface area contributed by atoms with Gasteiger partial charge in [-0.15, -0.1) is 0 Å². The molecule has 1 fully saturated rings. The summed E-state index contributed by atoms with van der Waals surface area (Å²) in [4.78, 5) is 2.48. The Balaban J connectivity index is 1.94. The van der Waals surface area contributed by atoms with Crippen LogP contribution in [0.5, 0.6) is 0 Å². The summed E-state index contributed by atoms with van der Waals surface area (Å²) in [5.74, 6) is 0. The van der Waals surface area contributed by atoms with Crippen LogP contribution in [0.1, 0.15) is 34.1 Å². The van der Waals surface area contributed by atoms with E-state index in [-0.39, 0.29) is 0 Å². The molecule has 1 heterocycles. The van der Waals surface area contributed by atoms with Crippen molar-refractivity contribution in [2.45, 2.75) is 52.4 Å². The Hall–Kier alpha value is -0.160. The van der Waals surface area contributed by atoms with E-state index < -0.39 is 0 Å². The van der Waals surface area contributed by atoms with E-state index in [1.807, 2.05) is 0 Å². The lowest BCUT2D eigenvalue weighted by molar-refractivity contribution is -0.0674. The van der Waals surface area contributed by atoms with Gasteiger partial charge in [0.2, 0.25) is 0 Å². The van der Waals surface area contributed by atoms with Crippen molar-refractivity contribution in [2.24, 2.45) is 0 Å². The number of hydrogen-bond acceptors (Lipinski definition) is 4. The van der Waals surface area contributed by atoms with Crippen LogP contribution in [0.2, 0.25) is 0 Å². The van der Waals surface area contributed by atoms with Gasteiger partial charge in [-0.25, -0.2) is 0 Å². The van der Waals surface area contributed by atoms with E-state index in [1.54, 1.807) is 0 Å². The zero-order valence-corrected chi connectivity index (χ0v) is 12.4. The molecule has 1 aliphatic rings. The molecule has 2 atom stereocenters. The molecule has 0 aromatic heterocycles. The van der Waals surface area contributed by atoms with Gasteiger partial charge in [0.25, 0.3) is 0 Å². The lowest BCUT2D eigenvalue weighted by atomic mass is 10.2. The Labute approximate surface area is 112 Å². The lowest BCUT2D eigenvalue weighted by Gasteiger charge is -2.35. The van der Waals surface area contributed by atoms with Crippen molar-refractivity contribution in [3.05, 3.63) is 0 Å². The van der Waals surface area contributed by atoms with Crippen LogP contribution in [0.4, 0.5) is 0 Å². The highest BCUT2D eigenvalue weighted by Gasteiger charge is 2.21. The average molecular weight is 258 g/mol. The van der Waals surface area contributed by atoms with Gasteiger partial charge in [0.05, 0.1) is 18.3 Å². The monoisotopic (exact) mass is 258 g/mol. The van der Waals surface area contributed by atoms with Gasteiger partial charge in [0.1, 0.15) is 0 Å². The predicted molar refractivity (Wildman–Crippen MR) is 75.0 cm³/mol. The van der Waals surface area contributed by atoms with E-state index in [4.69, 9.17) is 9.47 Å². The lowest BCUT2D eigenvalue weighted by Crippen LogP contribution is -2.47. The first-order chi connectivity index (χ1) is 8.58. The van der Waals surface area contributed by atoms with Gasteiger partial charge < -0.3 is 14.8 Å². The highest BCUT2D eigenvalue weighted by Crippen LogP contribution is 2.09. The molecule has 0 spiro atoms. The molecular formula is C14H30N2O2. The largest absolute Gasteiger partial charge is 0.379 e. The first-order valence-electron chi connectivity index (χ1n) is 7.28. The standard InChI is InChI=1S/C14H30N2O2/c1-12(2)17-9-5-6-15-7-8-16-10-13(3)18-14(4)11-16/h12-15H,5-11H2,1-4H3/t13-,14+. The molecule has 4 nitrogen and oxygen atoms in total. The third-order valence-electron chi connectivity index (χ3n) is 3.05. The quantitative estimate of drug-likeness (QED) is 0.669. The minimum atomic E-state index is 0.348. The van der Waals surface area contributed by atoms with Gasteiger partial charge in [-0.2, -0.15) is 0 Å². The van der Waals surface area contributed by atoms with Gasteiger partial charge in [0.15, 0.2) is 0 Å². The van der Waals surface area contributed by atoms with E-state index in [2.05, 4.69) is 37.9 Å². The van der Waals surface area contributed by atoms with Gasteiger partial charge in [-0.1, -0.05) is 0 Å². The minimum Gasteiger partial charge on any atom is -0.379 e. The molecule has 0 aliphatic carbocycles. The number of hydrogen-bond donors (Lipinski definition) is 1. The molecule has 108 valence electrons. The third-order valence-corrected chi connectivity index (χ3v) is 3.05. The van der Waals surface area contributed by atoms with Crippen LogP contribution in [0, 0.1) is 0 Å². The summed E-state index contributed by atoms with van der Waals surface area (Å²) in [6, 6.07) is 0. The SMILES string of the molecule is CC(C)OCCCNCCN1C[C@@H](C)O[C@@H](C)C1. The van der Waals surface area contributed by atoms with Gasteiger partial charge >= 0.3 is 0 Å². The Morgan fingerprint density at radius 2 is 1.89 bits per heavy atom. The maximum Gasteiger partial charge on any atom is 0.0678 e. The molecule has 0 unspecified atom stereocenters. The van der Waals surface area contributed by atoms with Gasteiger partial charge in [0, 0.05) is 32.8 Å². The minimum absolute atomic E-state index is 0.348. The molecule has 0 amide bonds. The maximum absolute atomic E-state index is 5.72. The van der Waals surface area contributed by atoms with Crippen molar-refractivity contribution in [3.8, 4) is 0 Å². The fraction of sp³-hybridized carbons (Fsp3) is 1.00. The second-order valence-electron chi connectivity index (χ2n) is 5.54. The Kier molecular flexibility index (Phi) is 7.82. The van der Waals surface area contributed by atoms with E-state index >= 15 is 0 Å². The second-order valence-corrected chi connectivity index (χ2v) is 5.54. The van der Waals surface area contributed by atoms with Crippen molar-refractivity contribution in [1.82, 2.24) is 10.2 Å². The summed E-state index contributed by atoms with van der Waals surface area (Å²) in [6.07, 6.45) is 2.18. The Bertz CT molecular complexity index is 202. The molecule has 1 N–H and O–H groups in total. The molecule has 18 heavy (non-hydrogen) atoms. The summed E-state index contributed by atoms with van der Waals surface area (Å²) in [7, 11) is 0. The smallest absolute Gasteiger partial charge is 0.0678 e. The van der Waals surface area contributed by atoms with Crippen LogP contribution in [0.15, 0.2) is 0 Å². The van der Waals surface area contributed by atoms with Crippen molar-refractivity contribution < 1.29 is 9.47 Å². The summed E-state index contributed by atoms with van der Waals surface area (Å²) >= 11 is 0. The van der Waals surface area contributed by atoms with Crippen LogP contribution < -0.4 is 5.32 Å².